The maximum absolute atomic E-state index is 6.23. The zero-order valence-corrected chi connectivity index (χ0v) is 10.5. The Balaban J connectivity index is 2.17. The SMILES string of the molecule is CCCCC#CS[C@@H]1CCCC[C@H]1Cl. The predicted octanol–water partition coefficient (Wildman–Crippen LogP) is 4.42. The third kappa shape index (κ3) is 4.62. The normalized spacial score (nSPS) is 26.7. The van der Waals surface area contributed by atoms with Crippen molar-refractivity contribution in [2.45, 2.75) is 62.5 Å². The summed E-state index contributed by atoms with van der Waals surface area (Å²) in [4.78, 5) is 0. The van der Waals surface area contributed by atoms with E-state index in [4.69, 9.17) is 11.6 Å². The monoisotopic (exact) mass is 230 g/mol. The highest BCUT2D eigenvalue weighted by Gasteiger charge is 2.22. The van der Waals surface area contributed by atoms with Crippen LogP contribution in [0.5, 0.6) is 0 Å². The van der Waals surface area contributed by atoms with E-state index in [9.17, 15) is 0 Å². The van der Waals surface area contributed by atoms with Gasteiger partial charge in [0.15, 0.2) is 0 Å². The molecule has 0 aromatic carbocycles. The maximum atomic E-state index is 6.23. The summed E-state index contributed by atoms with van der Waals surface area (Å²) in [5, 5.41) is 4.14. The molecule has 0 unspecified atom stereocenters. The number of rotatable bonds is 3. The van der Waals surface area contributed by atoms with E-state index >= 15 is 0 Å². The van der Waals surface area contributed by atoms with Crippen molar-refractivity contribution in [2.24, 2.45) is 0 Å². The number of hydrogen-bond acceptors (Lipinski definition) is 1. The lowest BCUT2D eigenvalue weighted by atomic mass is 10.00. The minimum atomic E-state index is 0.356. The molecule has 0 saturated heterocycles. The van der Waals surface area contributed by atoms with Gasteiger partial charge in [-0.15, -0.1) is 11.6 Å². The molecule has 1 saturated carbocycles. The van der Waals surface area contributed by atoms with Gasteiger partial charge in [0.2, 0.25) is 0 Å². The average molecular weight is 231 g/mol. The van der Waals surface area contributed by atoms with Crippen molar-refractivity contribution < 1.29 is 0 Å². The fourth-order valence-corrected chi connectivity index (χ4v) is 2.96. The Hall–Kier alpha value is 0.200. The van der Waals surface area contributed by atoms with Crippen molar-refractivity contribution in [1.29, 1.82) is 0 Å². The van der Waals surface area contributed by atoms with Crippen molar-refractivity contribution in [3.05, 3.63) is 0 Å². The van der Waals surface area contributed by atoms with Gasteiger partial charge in [-0.25, -0.2) is 0 Å². The van der Waals surface area contributed by atoms with Crippen molar-refractivity contribution in [1.82, 2.24) is 0 Å². The maximum Gasteiger partial charge on any atom is 0.0464 e. The van der Waals surface area contributed by atoms with Crippen LogP contribution in [0.25, 0.3) is 0 Å². The van der Waals surface area contributed by atoms with E-state index in [0.717, 1.165) is 6.42 Å². The topological polar surface area (TPSA) is 0 Å². The van der Waals surface area contributed by atoms with Crippen molar-refractivity contribution >= 4 is 23.4 Å². The summed E-state index contributed by atoms with van der Waals surface area (Å²) >= 11 is 8.00. The van der Waals surface area contributed by atoms with Gasteiger partial charge < -0.3 is 0 Å². The van der Waals surface area contributed by atoms with Gasteiger partial charge in [0.1, 0.15) is 0 Å². The highest BCUT2D eigenvalue weighted by atomic mass is 35.5. The highest BCUT2D eigenvalue weighted by molar-refractivity contribution is 8.04. The second-order valence-corrected chi connectivity index (χ2v) is 5.45. The molecule has 0 bridgehead atoms. The zero-order valence-electron chi connectivity index (χ0n) is 8.89. The standard InChI is InChI=1S/C12H19ClS/c1-2-3-4-7-10-14-12-9-6-5-8-11(12)13/h11-12H,2-6,8-9H2,1H3/t11-,12-/m1/s1. The van der Waals surface area contributed by atoms with Crippen molar-refractivity contribution in [3.63, 3.8) is 0 Å². The van der Waals surface area contributed by atoms with Crippen LogP contribution in [-0.2, 0) is 0 Å². The van der Waals surface area contributed by atoms with Crippen LogP contribution in [0.4, 0.5) is 0 Å². The quantitative estimate of drug-likeness (QED) is 0.393. The van der Waals surface area contributed by atoms with E-state index in [1.165, 1.54) is 38.5 Å². The molecule has 0 amide bonds. The van der Waals surface area contributed by atoms with Crippen molar-refractivity contribution in [3.8, 4) is 11.2 Å². The van der Waals surface area contributed by atoms with Crippen LogP contribution in [0.3, 0.4) is 0 Å². The molecule has 1 fully saturated rings. The third-order valence-corrected chi connectivity index (χ3v) is 4.36. The summed E-state index contributed by atoms with van der Waals surface area (Å²) in [7, 11) is 0. The van der Waals surface area contributed by atoms with E-state index in [0.29, 0.717) is 10.6 Å². The first-order valence-electron chi connectivity index (χ1n) is 5.62. The Morgan fingerprint density at radius 2 is 2.14 bits per heavy atom. The Labute approximate surface area is 97.2 Å². The molecule has 0 nitrogen and oxygen atoms in total. The van der Waals surface area contributed by atoms with Crippen LogP contribution in [0.2, 0.25) is 0 Å². The van der Waals surface area contributed by atoms with Crippen LogP contribution in [0.1, 0.15) is 51.9 Å². The average Bonchev–Trinajstić information content (AvgIpc) is 2.20. The molecule has 14 heavy (non-hydrogen) atoms. The minimum absolute atomic E-state index is 0.356. The van der Waals surface area contributed by atoms with Gasteiger partial charge in [-0.3, -0.25) is 0 Å². The van der Waals surface area contributed by atoms with Gasteiger partial charge in [-0.2, -0.15) is 0 Å². The molecule has 2 atom stereocenters. The van der Waals surface area contributed by atoms with Crippen LogP contribution >= 0.6 is 23.4 Å². The third-order valence-electron chi connectivity index (χ3n) is 2.56. The summed E-state index contributed by atoms with van der Waals surface area (Å²) in [5.74, 6) is 3.21. The van der Waals surface area contributed by atoms with E-state index in [-0.39, 0.29) is 0 Å². The molecular weight excluding hydrogens is 212 g/mol. The lowest BCUT2D eigenvalue weighted by Crippen LogP contribution is -2.21. The predicted molar refractivity (Wildman–Crippen MR) is 66.8 cm³/mol. The molecular formula is C12H19ClS. The number of halogens is 1. The molecule has 0 spiro atoms. The Bertz CT molecular complexity index is 204. The van der Waals surface area contributed by atoms with Crippen LogP contribution < -0.4 is 0 Å². The first-order valence-corrected chi connectivity index (χ1v) is 6.93. The molecule has 0 N–H and O–H groups in total. The van der Waals surface area contributed by atoms with Crippen LogP contribution in [0.15, 0.2) is 0 Å². The molecule has 80 valence electrons. The fraction of sp³-hybridized carbons (Fsp3) is 0.833. The van der Waals surface area contributed by atoms with E-state index in [1.807, 2.05) is 0 Å². The molecule has 0 aromatic rings. The Morgan fingerprint density at radius 3 is 2.86 bits per heavy atom. The fourth-order valence-electron chi connectivity index (χ4n) is 1.62. The molecule has 0 heterocycles. The second kappa shape index (κ2) is 7.49. The van der Waals surface area contributed by atoms with Gasteiger partial charge >= 0.3 is 0 Å². The molecule has 0 radical (unpaired) electrons. The van der Waals surface area contributed by atoms with Crippen molar-refractivity contribution in [2.75, 3.05) is 0 Å². The van der Waals surface area contributed by atoms with E-state index in [1.54, 1.807) is 11.8 Å². The largest absolute Gasteiger partial charge is 0.122 e. The molecule has 1 aliphatic rings. The number of hydrogen-bond donors (Lipinski definition) is 0. The summed E-state index contributed by atoms with van der Waals surface area (Å²) < 4.78 is 0. The van der Waals surface area contributed by atoms with E-state index < -0.39 is 0 Å². The first-order chi connectivity index (χ1) is 6.84. The molecule has 2 heteroatoms. The van der Waals surface area contributed by atoms with Gasteiger partial charge in [-0.05, 0) is 24.5 Å². The summed E-state index contributed by atoms with van der Waals surface area (Å²) in [6.45, 7) is 2.20. The van der Waals surface area contributed by atoms with Gasteiger partial charge in [-0.1, -0.05) is 43.9 Å². The first kappa shape index (κ1) is 12.3. The van der Waals surface area contributed by atoms with Gasteiger partial charge in [0.25, 0.3) is 0 Å². The zero-order chi connectivity index (χ0) is 10.2. The van der Waals surface area contributed by atoms with Crippen LogP contribution in [0, 0.1) is 11.2 Å². The highest BCUT2D eigenvalue weighted by Crippen LogP contribution is 2.31. The molecule has 0 aromatic heterocycles. The summed E-state index contributed by atoms with van der Waals surface area (Å²) in [5.41, 5.74) is 0. The number of unbranched alkanes of at least 4 members (excludes halogenated alkanes) is 2. The number of alkyl halides is 1. The Kier molecular flexibility index (Phi) is 6.56. The lowest BCUT2D eigenvalue weighted by molar-refractivity contribution is 0.523. The number of thioether (sulfide) groups is 1. The summed E-state index contributed by atoms with van der Waals surface area (Å²) in [6, 6.07) is 0. The van der Waals surface area contributed by atoms with Gasteiger partial charge in [0, 0.05) is 17.0 Å². The Morgan fingerprint density at radius 1 is 1.36 bits per heavy atom. The van der Waals surface area contributed by atoms with Gasteiger partial charge in [0.05, 0.1) is 0 Å². The molecule has 0 aliphatic heterocycles. The smallest absolute Gasteiger partial charge is 0.0464 e. The second-order valence-electron chi connectivity index (χ2n) is 3.84. The minimum Gasteiger partial charge on any atom is -0.122 e. The lowest BCUT2D eigenvalue weighted by Gasteiger charge is -2.24. The van der Waals surface area contributed by atoms with E-state index in [2.05, 4.69) is 18.1 Å². The van der Waals surface area contributed by atoms with Crippen LogP contribution in [-0.4, -0.2) is 10.6 Å². The molecule has 1 aliphatic carbocycles. The summed E-state index contributed by atoms with van der Waals surface area (Å²) in [6.07, 6.45) is 8.57. The molecule has 1 rings (SSSR count).